The summed E-state index contributed by atoms with van der Waals surface area (Å²) in [5.41, 5.74) is 2.76. The minimum absolute atomic E-state index is 0.0953. The first-order valence-electron chi connectivity index (χ1n) is 10.3. The molecule has 0 bridgehead atoms. The maximum atomic E-state index is 9.31. The second-order valence-corrected chi connectivity index (χ2v) is 7.05. The average Bonchev–Trinajstić information content (AvgIpc) is 2.74. The van der Waals surface area contributed by atoms with Gasteiger partial charge in [0.1, 0.15) is 23.5 Å². The van der Waals surface area contributed by atoms with E-state index < -0.39 is 0 Å². The molecule has 29 heavy (non-hydrogen) atoms. The van der Waals surface area contributed by atoms with Crippen LogP contribution < -0.4 is 0 Å². The fourth-order valence-corrected chi connectivity index (χ4v) is 3.13. The van der Waals surface area contributed by atoms with Gasteiger partial charge >= 0.3 is 0 Å². The molecule has 0 aliphatic carbocycles. The van der Waals surface area contributed by atoms with Gasteiger partial charge in [0.05, 0.1) is 5.70 Å². The standard InChI is InChI=1S/C25H29N3O/c1-4-6-13-28(14-7-5-2)24(16-21-11-9-8-10-12-21)25-17-22(15-20(3)29-25)23(18-26)19-27/h8-12,15-17H,4-7,13-14H2,1-3H3. The Bertz CT molecular complexity index is 868. The van der Waals surface area contributed by atoms with Gasteiger partial charge in [-0.05, 0) is 43.6 Å². The number of unbranched alkanes of at least 4 members (excludes halogenated alkanes) is 2. The van der Waals surface area contributed by atoms with E-state index in [1.807, 2.05) is 43.3 Å². The van der Waals surface area contributed by atoms with Gasteiger partial charge in [-0.15, -0.1) is 0 Å². The van der Waals surface area contributed by atoms with E-state index in [1.165, 1.54) is 0 Å². The van der Waals surface area contributed by atoms with Crippen LogP contribution in [0, 0.1) is 22.7 Å². The molecule has 0 fully saturated rings. The highest BCUT2D eigenvalue weighted by atomic mass is 16.5. The number of ether oxygens (including phenoxy) is 1. The molecule has 4 nitrogen and oxygen atoms in total. The summed E-state index contributed by atoms with van der Waals surface area (Å²) in [6.07, 6.45) is 10.1. The summed E-state index contributed by atoms with van der Waals surface area (Å²) in [5, 5.41) is 18.6. The van der Waals surface area contributed by atoms with Crippen molar-refractivity contribution in [3.8, 4) is 12.1 Å². The van der Waals surface area contributed by atoms with E-state index in [4.69, 9.17) is 4.74 Å². The summed E-state index contributed by atoms with van der Waals surface area (Å²) in [5.74, 6) is 1.35. The van der Waals surface area contributed by atoms with E-state index in [0.29, 0.717) is 17.1 Å². The molecule has 1 aliphatic heterocycles. The van der Waals surface area contributed by atoms with Crippen LogP contribution in [0.2, 0.25) is 0 Å². The highest BCUT2D eigenvalue weighted by molar-refractivity contribution is 5.60. The molecule has 0 radical (unpaired) electrons. The number of benzene rings is 1. The quantitative estimate of drug-likeness (QED) is 0.481. The largest absolute Gasteiger partial charge is 0.460 e. The summed E-state index contributed by atoms with van der Waals surface area (Å²) in [4.78, 5) is 2.36. The zero-order valence-electron chi connectivity index (χ0n) is 17.6. The molecule has 1 heterocycles. The minimum Gasteiger partial charge on any atom is -0.460 e. The number of hydrogen-bond acceptors (Lipinski definition) is 4. The fourth-order valence-electron chi connectivity index (χ4n) is 3.13. The number of nitrogens with zero attached hydrogens (tertiary/aromatic N) is 3. The molecule has 2 rings (SSSR count). The van der Waals surface area contributed by atoms with Gasteiger partial charge < -0.3 is 9.64 Å². The van der Waals surface area contributed by atoms with Crippen molar-refractivity contribution in [3.63, 3.8) is 0 Å². The maximum Gasteiger partial charge on any atom is 0.150 e. The molecule has 0 amide bonds. The zero-order valence-corrected chi connectivity index (χ0v) is 17.6. The molecule has 1 aliphatic rings. The lowest BCUT2D eigenvalue weighted by atomic mass is 10.0. The second-order valence-electron chi connectivity index (χ2n) is 7.05. The van der Waals surface area contributed by atoms with Crippen LogP contribution in [-0.2, 0) is 4.74 Å². The van der Waals surface area contributed by atoms with Gasteiger partial charge in [0.25, 0.3) is 0 Å². The summed E-state index contributed by atoms with van der Waals surface area (Å²) >= 11 is 0. The number of hydrogen-bond donors (Lipinski definition) is 0. The summed E-state index contributed by atoms with van der Waals surface area (Å²) in [6, 6.07) is 14.1. The van der Waals surface area contributed by atoms with Gasteiger partial charge in [-0.25, -0.2) is 0 Å². The molecule has 4 heteroatoms. The van der Waals surface area contributed by atoms with Gasteiger partial charge in [0, 0.05) is 18.7 Å². The van der Waals surface area contributed by atoms with Crippen molar-refractivity contribution >= 4 is 6.08 Å². The molecular formula is C25H29N3O. The van der Waals surface area contributed by atoms with E-state index >= 15 is 0 Å². The third-order valence-corrected chi connectivity index (χ3v) is 4.69. The van der Waals surface area contributed by atoms with Crippen LogP contribution in [0.5, 0.6) is 0 Å². The zero-order chi connectivity index (χ0) is 21.1. The Morgan fingerprint density at radius 2 is 1.62 bits per heavy atom. The van der Waals surface area contributed by atoms with Crippen LogP contribution in [-0.4, -0.2) is 18.0 Å². The molecular weight excluding hydrogens is 358 g/mol. The van der Waals surface area contributed by atoms with Gasteiger partial charge in [-0.1, -0.05) is 57.0 Å². The van der Waals surface area contributed by atoms with Gasteiger partial charge in [-0.3, -0.25) is 0 Å². The molecule has 0 saturated heterocycles. The molecule has 0 unspecified atom stereocenters. The maximum absolute atomic E-state index is 9.31. The van der Waals surface area contributed by atoms with Gasteiger partial charge in [-0.2, -0.15) is 10.5 Å². The van der Waals surface area contributed by atoms with Crippen LogP contribution >= 0.6 is 0 Å². The van der Waals surface area contributed by atoms with E-state index in [0.717, 1.165) is 50.0 Å². The Morgan fingerprint density at radius 3 is 2.17 bits per heavy atom. The van der Waals surface area contributed by atoms with Crippen molar-refractivity contribution in [3.05, 3.63) is 76.4 Å². The van der Waals surface area contributed by atoms with E-state index in [-0.39, 0.29) is 5.57 Å². The van der Waals surface area contributed by atoms with Gasteiger partial charge in [0.2, 0.25) is 0 Å². The lowest BCUT2D eigenvalue weighted by molar-refractivity contribution is 0.259. The second kappa shape index (κ2) is 11.6. The monoisotopic (exact) mass is 387 g/mol. The third kappa shape index (κ3) is 6.40. The Kier molecular flexibility index (Phi) is 8.80. The first-order chi connectivity index (χ1) is 14.1. The Balaban J connectivity index is 2.57. The highest BCUT2D eigenvalue weighted by Gasteiger charge is 2.20. The summed E-state index contributed by atoms with van der Waals surface area (Å²) in [6.45, 7) is 8.09. The van der Waals surface area contributed by atoms with Crippen molar-refractivity contribution in [2.75, 3.05) is 13.1 Å². The number of allylic oxidation sites excluding steroid dienone is 5. The first kappa shape index (κ1) is 22.1. The molecule has 0 N–H and O–H groups in total. The Morgan fingerprint density at radius 1 is 1.00 bits per heavy atom. The van der Waals surface area contributed by atoms with Crippen molar-refractivity contribution in [1.82, 2.24) is 4.90 Å². The summed E-state index contributed by atoms with van der Waals surface area (Å²) < 4.78 is 6.09. The average molecular weight is 388 g/mol. The van der Waals surface area contributed by atoms with Crippen LogP contribution in [0.25, 0.3) is 6.08 Å². The normalized spacial score (nSPS) is 13.6. The van der Waals surface area contributed by atoms with Crippen LogP contribution in [0.1, 0.15) is 52.0 Å². The molecule has 0 spiro atoms. The lowest BCUT2D eigenvalue weighted by Crippen LogP contribution is -2.27. The van der Waals surface area contributed by atoms with Crippen molar-refractivity contribution in [1.29, 1.82) is 10.5 Å². The van der Waals surface area contributed by atoms with Crippen molar-refractivity contribution in [2.24, 2.45) is 0 Å². The topological polar surface area (TPSA) is 60.0 Å². The number of rotatable bonds is 9. The molecule has 150 valence electrons. The predicted molar refractivity (Wildman–Crippen MR) is 117 cm³/mol. The van der Waals surface area contributed by atoms with E-state index in [2.05, 4.69) is 37.0 Å². The molecule has 0 saturated carbocycles. The number of nitriles is 2. The SMILES string of the molecule is CCCCN(CCCC)C(=Cc1ccccc1)C1=CC(=C(C#N)C#N)C=C(C)O1. The van der Waals surface area contributed by atoms with E-state index in [9.17, 15) is 10.5 Å². The highest BCUT2D eigenvalue weighted by Crippen LogP contribution is 2.30. The third-order valence-electron chi connectivity index (χ3n) is 4.69. The Labute approximate surface area is 174 Å². The van der Waals surface area contributed by atoms with Crippen LogP contribution in [0.3, 0.4) is 0 Å². The summed E-state index contributed by atoms with van der Waals surface area (Å²) in [7, 11) is 0. The van der Waals surface area contributed by atoms with Crippen LogP contribution in [0.15, 0.2) is 70.8 Å². The lowest BCUT2D eigenvalue weighted by Gasteiger charge is -2.30. The smallest absolute Gasteiger partial charge is 0.150 e. The molecule has 0 atom stereocenters. The van der Waals surface area contributed by atoms with Crippen LogP contribution in [0.4, 0.5) is 0 Å². The van der Waals surface area contributed by atoms with Gasteiger partial charge in [0.15, 0.2) is 5.76 Å². The Hall–Kier alpha value is -3.24. The molecule has 0 aromatic heterocycles. The first-order valence-corrected chi connectivity index (χ1v) is 10.3. The molecule has 1 aromatic carbocycles. The van der Waals surface area contributed by atoms with Crippen molar-refractivity contribution < 1.29 is 4.74 Å². The predicted octanol–water partition coefficient (Wildman–Crippen LogP) is 6.09. The van der Waals surface area contributed by atoms with E-state index in [1.54, 1.807) is 6.08 Å². The minimum atomic E-state index is 0.0953. The fraction of sp³-hybridized carbons (Fsp3) is 0.360. The molecule has 1 aromatic rings. The van der Waals surface area contributed by atoms with Crippen molar-refractivity contribution in [2.45, 2.75) is 46.5 Å².